The minimum Gasteiger partial charge on any atom is -0.271 e. The maximum absolute atomic E-state index is 11.3. The summed E-state index contributed by atoms with van der Waals surface area (Å²) >= 11 is 0. The summed E-state index contributed by atoms with van der Waals surface area (Å²) < 4.78 is 24.9. The lowest BCUT2D eigenvalue weighted by molar-refractivity contribution is 0.588. The fraction of sp³-hybridized carbons (Fsp3) is 0.250. The lowest BCUT2D eigenvalue weighted by Gasteiger charge is -2.03. The zero-order chi connectivity index (χ0) is 10.6. The molecule has 1 aromatic rings. The van der Waals surface area contributed by atoms with Gasteiger partial charge in [-0.1, -0.05) is 12.1 Å². The van der Waals surface area contributed by atoms with Gasteiger partial charge in [0.05, 0.1) is 4.90 Å². The number of nitrogens with two attached hydrogens (primary N) is 1. The molecular weight excluding hydrogens is 202 g/mol. The molecule has 1 aromatic carbocycles. The summed E-state index contributed by atoms with van der Waals surface area (Å²) in [6.45, 7) is 0.514. The summed E-state index contributed by atoms with van der Waals surface area (Å²) in [6.07, 6.45) is 0. The largest absolute Gasteiger partial charge is 0.271 e. The third kappa shape index (κ3) is 2.52. The van der Waals surface area contributed by atoms with E-state index in [1.807, 2.05) is 0 Å². The van der Waals surface area contributed by atoms with Crippen LogP contribution in [0.4, 0.5) is 0 Å². The average molecular weight is 215 g/mol. The molecule has 0 amide bonds. The Labute approximate surface area is 83.3 Å². The minimum atomic E-state index is -3.33. The molecule has 0 spiro atoms. The summed E-state index contributed by atoms with van der Waals surface area (Å²) in [4.78, 5) is 0.251. The van der Waals surface area contributed by atoms with Crippen LogP contribution in [-0.4, -0.2) is 15.5 Å². The van der Waals surface area contributed by atoms with Crippen molar-refractivity contribution >= 4 is 10.0 Å². The summed E-state index contributed by atoms with van der Waals surface area (Å²) in [5, 5.41) is 0. The van der Waals surface area contributed by atoms with E-state index >= 15 is 0 Å². The highest BCUT2D eigenvalue weighted by molar-refractivity contribution is 7.89. The van der Waals surface area contributed by atoms with Gasteiger partial charge in [0, 0.05) is 6.54 Å². The van der Waals surface area contributed by atoms with E-state index in [1.165, 1.54) is 7.05 Å². The Kier molecular flexibility index (Phi) is 3.59. The van der Waals surface area contributed by atoms with Crippen LogP contribution in [0.1, 0.15) is 5.56 Å². The van der Waals surface area contributed by atoms with E-state index in [-0.39, 0.29) is 4.90 Å². The van der Waals surface area contributed by atoms with Crippen LogP contribution in [0.2, 0.25) is 0 Å². The van der Waals surface area contributed by atoms with E-state index in [1.54, 1.807) is 24.3 Å². The molecule has 0 atom stereocenters. The fourth-order valence-electron chi connectivity index (χ4n) is 1.02. The lowest BCUT2D eigenvalue weighted by Crippen LogP contribution is -2.21. The highest BCUT2D eigenvalue weighted by atomic mass is 32.2. The highest BCUT2D eigenvalue weighted by Gasteiger charge is 2.09. The monoisotopic (exact) mass is 215 g/mol. The predicted molar refractivity (Wildman–Crippen MR) is 53.7 cm³/mol. The van der Waals surface area contributed by atoms with E-state index in [4.69, 9.17) is 5.84 Å². The first-order valence-corrected chi connectivity index (χ1v) is 5.54. The van der Waals surface area contributed by atoms with Crippen molar-refractivity contribution in [3.8, 4) is 0 Å². The van der Waals surface area contributed by atoms with Crippen molar-refractivity contribution < 1.29 is 8.42 Å². The summed E-state index contributed by atoms with van der Waals surface area (Å²) in [5.74, 6) is 5.13. The predicted octanol–water partition coefficient (Wildman–Crippen LogP) is -0.442. The summed E-state index contributed by atoms with van der Waals surface area (Å²) in [6, 6.07) is 6.51. The molecule has 0 aliphatic carbocycles. The van der Waals surface area contributed by atoms with Crippen LogP contribution >= 0.6 is 0 Å². The lowest BCUT2D eigenvalue weighted by atomic mass is 10.2. The van der Waals surface area contributed by atoms with Crippen molar-refractivity contribution in [2.75, 3.05) is 7.05 Å². The van der Waals surface area contributed by atoms with Gasteiger partial charge in [0.2, 0.25) is 10.0 Å². The number of hydrazine groups is 1. The van der Waals surface area contributed by atoms with Crippen molar-refractivity contribution in [2.45, 2.75) is 11.4 Å². The second kappa shape index (κ2) is 4.52. The molecule has 0 bridgehead atoms. The Balaban J connectivity index is 2.94. The van der Waals surface area contributed by atoms with Gasteiger partial charge >= 0.3 is 0 Å². The van der Waals surface area contributed by atoms with E-state index < -0.39 is 10.0 Å². The molecule has 1 rings (SSSR count). The van der Waals surface area contributed by atoms with Crippen molar-refractivity contribution in [3.05, 3.63) is 29.8 Å². The van der Waals surface area contributed by atoms with Gasteiger partial charge in [-0.3, -0.25) is 11.3 Å². The van der Waals surface area contributed by atoms with Gasteiger partial charge in [-0.05, 0) is 24.7 Å². The molecule has 0 unspecified atom stereocenters. The van der Waals surface area contributed by atoms with E-state index in [2.05, 4.69) is 10.1 Å². The standard InChI is InChI=1S/C8H13N3O2S/c1-10-14(12,13)8-4-2-7(3-5-8)6-11-9/h2-5,10-11H,6,9H2,1H3. The topological polar surface area (TPSA) is 84.2 Å². The molecule has 4 N–H and O–H groups in total. The van der Waals surface area contributed by atoms with E-state index in [0.717, 1.165) is 5.56 Å². The van der Waals surface area contributed by atoms with Crippen molar-refractivity contribution in [2.24, 2.45) is 5.84 Å². The molecule has 0 heterocycles. The molecule has 6 heteroatoms. The Bertz CT molecular complexity index is 386. The van der Waals surface area contributed by atoms with Crippen LogP contribution < -0.4 is 16.0 Å². The molecule has 0 aliphatic rings. The van der Waals surface area contributed by atoms with E-state index in [0.29, 0.717) is 6.54 Å². The molecule has 5 nitrogen and oxygen atoms in total. The highest BCUT2D eigenvalue weighted by Crippen LogP contribution is 2.09. The first kappa shape index (κ1) is 11.1. The van der Waals surface area contributed by atoms with Gasteiger partial charge in [0.15, 0.2) is 0 Å². The zero-order valence-corrected chi connectivity index (χ0v) is 8.64. The molecular formula is C8H13N3O2S. The van der Waals surface area contributed by atoms with Gasteiger partial charge in [-0.15, -0.1) is 0 Å². The average Bonchev–Trinajstić information content (AvgIpc) is 2.19. The van der Waals surface area contributed by atoms with Crippen molar-refractivity contribution in [1.29, 1.82) is 0 Å². The second-order valence-corrected chi connectivity index (χ2v) is 4.62. The smallest absolute Gasteiger partial charge is 0.240 e. The van der Waals surface area contributed by atoms with Crippen LogP contribution in [0, 0.1) is 0 Å². The molecule has 14 heavy (non-hydrogen) atoms. The van der Waals surface area contributed by atoms with Crippen molar-refractivity contribution in [3.63, 3.8) is 0 Å². The summed E-state index contributed by atoms with van der Waals surface area (Å²) in [7, 11) is -1.95. The van der Waals surface area contributed by atoms with Gasteiger partial charge in [-0.2, -0.15) is 0 Å². The van der Waals surface area contributed by atoms with Gasteiger partial charge in [0.1, 0.15) is 0 Å². The first-order valence-electron chi connectivity index (χ1n) is 4.06. The quantitative estimate of drug-likeness (QED) is 0.469. The summed E-state index contributed by atoms with van der Waals surface area (Å²) in [5.41, 5.74) is 3.42. The van der Waals surface area contributed by atoms with Crippen LogP contribution in [0.25, 0.3) is 0 Å². The van der Waals surface area contributed by atoms with Gasteiger partial charge in [-0.25, -0.2) is 13.1 Å². The minimum absolute atomic E-state index is 0.251. The van der Waals surface area contributed by atoms with Gasteiger partial charge < -0.3 is 0 Å². The van der Waals surface area contributed by atoms with Gasteiger partial charge in [0.25, 0.3) is 0 Å². The Morgan fingerprint density at radius 2 is 1.86 bits per heavy atom. The van der Waals surface area contributed by atoms with Crippen LogP contribution in [0.3, 0.4) is 0 Å². The van der Waals surface area contributed by atoms with Crippen LogP contribution in [0.15, 0.2) is 29.2 Å². The Morgan fingerprint density at radius 1 is 1.29 bits per heavy atom. The number of rotatable bonds is 4. The number of nitrogens with one attached hydrogen (secondary N) is 2. The third-order valence-corrected chi connectivity index (χ3v) is 3.24. The normalized spacial score (nSPS) is 11.6. The number of hydrogen-bond donors (Lipinski definition) is 3. The number of hydrogen-bond acceptors (Lipinski definition) is 4. The fourth-order valence-corrected chi connectivity index (χ4v) is 1.75. The Hall–Kier alpha value is -0.950. The molecule has 0 saturated heterocycles. The van der Waals surface area contributed by atoms with Crippen LogP contribution in [-0.2, 0) is 16.6 Å². The zero-order valence-electron chi connectivity index (χ0n) is 7.82. The van der Waals surface area contributed by atoms with Crippen molar-refractivity contribution in [1.82, 2.24) is 10.1 Å². The molecule has 0 aliphatic heterocycles. The number of benzene rings is 1. The Morgan fingerprint density at radius 3 is 2.29 bits per heavy atom. The maximum atomic E-state index is 11.3. The number of sulfonamides is 1. The maximum Gasteiger partial charge on any atom is 0.240 e. The molecule has 0 saturated carbocycles. The van der Waals surface area contributed by atoms with E-state index in [9.17, 15) is 8.42 Å². The molecule has 0 radical (unpaired) electrons. The second-order valence-electron chi connectivity index (χ2n) is 2.73. The SMILES string of the molecule is CNS(=O)(=O)c1ccc(CNN)cc1. The molecule has 0 aromatic heterocycles. The van der Waals surface area contributed by atoms with Crippen LogP contribution in [0.5, 0.6) is 0 Å². The molecule has 0 fully saturated rings. The molecule has 78 valence electrons. The third-order valence-electron chi connectivity index (χ3n) is 1.81. The first-order chi connectivity index (χ1) is 6.60.